The molecule has 0 fully saturated rings. The lowest BCUT2D eigenvalue weighted by atomic mass is 10.2. The summed E-state index contributed by atoms with van der Waals surface area (Å²) in [6.07, 6.45) is 0. The van der Waals surface area contributed by atoms with Crippen LogP contribution in [0.15, 0.2) is 18.2 Å². The second-order valence-corrected chi connectivity index (χ2v) is 2.89. The lowest BCUT2D eigenvalue weighted by molar-refractivity contribution is 0.267. The molecule has 1 rings (SSSR count). The van der Waals surface area contributed by atoms with E-state index in [4.69, 9.17) is 23.2 Å². The van der Waals surface area contributed by atoms with Gasteiger partial charge in [0.25, 0.3) is 0 Å². The fourth-order valence-corrected chi connectivity index (χ4v) is 1.28. The first-order chi connectivity index (χ1) is 5.75. The molecule has 0 aliphatic heterocycles. The van der Waals surface area contributed by atoms with Gasteiger partial charge in [-0.15, -0.1) is 0 Å². The van der Waals surface area contributed by atoms with E-state index in [2.05, 4.69) is 4.74 Å². The van der Waals surface area contributed by atoms with E-state index in [1.807, 2.05) is 0 Å². The maximum absolute atomic E-state index is 9.77. The zero-order valence-corrected chi connectivity index (χ0v) is 7.52. The fraction of sp³-hybridized carbons (Fsp3) is 0.125. The highest BCUT2D eigenvalue weighted by Gasteiger charge is 2.04. The SMILES string of the molecule is O=[C]OCc1c(Cl)cccc1Cl. The Balaban J connectivity index is 2.88. The number of rotatable bonds is 3. The van der Waals surface area contributed by atoms with Crippen molar-refractivity contribution in [2.24, 2.45) is 0 Å². The Kier molecular flexibility index (Phi) is 3.38. The van der Waals surface area contributed by atoms with Crippen molar-refractivity contribution < 1.29 is 9.53 Å². The van der Waals surface area contributed by atoms with Crippen LogP contribution < -0.4 is 0 Å². The van der Waals surface area contributed by atoms with Gasteiger partial charge in [0.15, 0.2) is 0 Å². The normalized spacial score (nSPS) is 9.50. The smallest absolute Gasteiger partial charge is 0.417 e. The third kappa shape index (κ3) is 2.13. The summed E-state index contributed by atoms with van der Waals surface area (Å²) in [5, 5.41) is 0.968. The lowest BCUT2D eigenvalue weighted by Gasteiger charge is -2.03. The topological polar surface area (TPSA) is 26.3 Å². The standard InChI is InChI=1S/C8H5Cl2O2/c9-7-2-1-3-8(10)6(7)4-12-5-11/h1-3H,4H2. The summed E-state index contributed by atoms with van der Waals surface area (Å²) in [7, 11) is 0. The minimum absolute atomic E-state index is 0.0575. The molecule has 0 saturated heterocycles. The van der Waals surface area contributed by atoms with E-state index < -0.39 is 0 Å². The van der Waals surface area contributed by atoms with Crippen molar-refractivity contribution in [2.45, 2.75) is 6.61 Å². The second-order valence-electron chi connectivity index (χ2n) is 2.07. The van der Waals surface area contributed by atoms with E-state index in [1.165, 1.54) is 6.47 Å². The summed E-state index contributed by atoms with van der Waals surface area (Å²) in [5.41, 5.74) is 0.601. The maximum Gasteiger partial charge on any atom is 0.417 e. The van der Waals surface area contributed by atoms with Crippen molar-refractivity contribution >= 4 is 29.7 Å². The van der Waals surface area contributed by atoms with Crippen LogP contribution in [0.25, 0.3) is 0 Å². The lowest BCUT2D eigenvalue weighted by Crippen LogP contribution is -1.92. The van der Waals surface area contributed by atoms with Gasteiger partial charge < -0.3 is 4.74 Å². The quantitative estimate of drug-likeness (QED) is 0.756. The van der Waals surface area contributed by atoms with E-state index in [1.54, 1.807) is 18.2 Å². The van der Waals surface area contributed by atoms with E-state index in [0.29, 0.717) is 15.6 Å². The number of hydrogen-bond acceptors (Lipinski definition) is 2. The molecule has 1 aromatic carbocycles. The van der Waals surface area contributed by atoms with Crippen molar-refractivity contribution in [3.8, 4) is 0 Å². The molecule has 63 valence electrons. The number of benzene rings is 1. The molecular formula is C8H5Cl2O2. The molecule has 0 spiro atoms. The zero-order chi connectivity index (χ0) is 8.97. The van der Waals surface area contributed by atoms with Crippen molar-refractivity contribution in [1.29, 1.82) is 0 Å². The van der Waals surface area contributed by atoms with Gasteiger partial charge in [0.05, 0.1) is 0 Å². The van der Waals surface area contributed by atoms with E-state index in [0.717, 1.165) is 0 Å². The van der Waals surface area contributed by atoms with Crippen LogP contribution in [-0.2, 0) is 16.1 Å². The van der Waals surface area contributed by atoms with Crippen LogP contribution in [0.4, 0.5) is 0 Å². The van der Waals surface area contributed by atoms with Crippen molar-refractivity contribution in [2.75, 3.05) is 0 Å². The van der Waals surface area contributed by atoms with Crippen LogP contribution in [0.3, 0.4) is 0 Å². The number of hydrogen-bond donors (Lipinski definition) is 0. The van der Waals surface area contributed by atoms with Gasteiger partial charge in [-0.1, -0.05) is 29.3 Å². The summed E-state index contributed by atoms with van der Waals surface area (Å²) in [5.74, 6) is 0. The molecule has 0 saturated carbocycles. The molecule has 4 heteroatoms. The van der Waals surface area contributed by atoms with Gasteiger partial charge in [-0.05, 0) is 12.1 Å². The van der Waals surface area contributed by atoms with E-state index in [9.17, 15) is 4.79 Å². The van der Waals surface area contributed by atoms with Gasteiger partial charge in [0.1, 0.15) is 6.61 Å². The predicted octanol–water partition coefficient (Wildman–Crippen LogP) is 2.58. The average Bonchev–Trinajstić information content (AvgIpc) is 2.04. The highest BCUT2D eigenvalue weighted by Crippen LogP contribution is 2.24. The number of ether oxygens (including phenoxy) is 1. The highest BCUT2D eigenvalue weighted by atomic mass is 35.5. The van der Waals surface area contributed by atoms with Gasteiger partial charge >= 0.3 is 6.47 Å². The van der Waals surface area contributed by atoms with Crippen molar-refractivity contribution in [3.05, 3.63) is 33.8 Å². The zero-order valence-electron chi connectivity index (χ0n) is 6.01. The van der Waals surface area contributed by atoms with Crippen LogP contribution in [0.5, 0.6) is 0 Å². The Bertz CT molecular complexity index is 266. The Hall–Kier alpha value is -0.730. The van der Waals surface area contributed by atoms with Gasteiger partial charge in [-0.25, -0.2) is 4.79 Å². The molecule has 0 amide bonds. The molecule has 0 unspecified atom stereocenters. The van der Waals surface area contributed by atoms with Gasteiger partial charge in [0, 0.05) is 15.6 Å². The Morgan fingerprint density at radius 2 is 1.92 bits per heavy atom. The van der Waals surface area contributed by atoms with Crippen LogP contribution in [0.2, 0.25) is 10.0 Å². The molecule has 0 atom stereocenters. The summed E-state index contributed by atoms with van der Waals surface area (Å²) >= 11 is 11.5. The Morgan fingerprint density at radius 1 is 1.33 bits per heavy atom. The maximum atomic E-state index is 9.77. The molecular weight excluding hydrogens is 199 g/mol. The molecule has 0 N–H and O–H groups in total. The first-order valence-electron chi connectivity index (χ1n) is 3.17. The molecule has 0 heterocycles. The molecule has 0 bridgehead atoms. The third-order valence-electron chi connectivity index (χ3n) is 1.34. The largest absolute Gasteiger partial charge is 0.452 e. The Labute approximate surface area is 80.0 Å². The summed E-state index contributed by atoms with van der Waals surface area (Å²) < 4.78 is 4.41. The Morgan fingerprint density at radius 3 is 2.42 bits per heavy atom. The number of carbonyl (C=O) groups excluding carboxylic acids is 1. The average molecular weight is 204 g/mol. The molecule has 1 radical (unpaired) electrons. The van der Waals surface area contributed by atoms with E-state index in [-0.39, 0.29) is 6.61 Å². The third-order valence-corrected chi connectivity index (χ3v) is 2.05. The van der Waals surface area contributed by atoms with Crippen LogP contribution >= 0.6 is 23.2 Å². The van der Waals surface area contributed by atoms with Gasteiger partial charge in [-0.3, -0.25) is 0 Å². The molecule has 0 aliphatic rings. The van der Waals surface area contributed by atoms with Gasteiger partial charge in [0.2, 0.25) is 0 Å². The van der Waals surface area contributed by atoms with Crippen LogP contribution in [0.1, 0.15) is 5.56 Å². The van der Waals surface area contributed by atoms with Crippen molar-refractivity contribution in [1.82, 2.24) is 0 Å². The predicted molar refractivity (Wildman–Crippen MR) is 46.9 cm³/mol. The minimum Gasteiger partial charge on any atom is -0.452 e. The van der Waals surface area contributed by atoms with Gasteiger partial charge in [-0.2, -0.15) is 0 Å². The molecule has 2 nitrogen and oxygen atoms in total. The van der Waals surface area contributed by atoms with Crippen molar-refractivity contribution in [3.63, 3.8) is 0 Å². The molecule has 0 aromatic heterocycles. The molecule has 1 aromatic rings. The second kappa shape index (κ2) is 4.33. The molecule has 0 aliphatic carbocycles. The minimum atomic E-state index is 0.0575. The van der Waals surface area contributed by atoms with E-state index >= 15 is 0 Å². The summed E-state index contributed by atoms with van der Waals surface area (Å²) in [4.78, 5) is 9.77. The first-order valence-corrected chi connectivity index (χ1v) is 3.93. The highest BCUT2D eigenvalue weighted by molar-refractivity contribution is 6.35. The monoisotopic (exact) mass is 203 g/mol. The number of halogens is 2. The van der Waals surface area contributed by atoms with Crippen LogP contribution in [0, 0.1) is 0 Å². The summed E-state index contributed by atoms with van der Waals surface area (Å²) in [6, 6.07) is 5.08. The first kappa shape index (κ1) is 9.36. The molecule has 12 heavy (non-hydrogen) atoms. The summed E-state index contributed by atoms with van der Waals surface area (Å²) in [6.45, 7) is 1.36. The van der Waals surface area contributed by atoms with Crippen LogP contribution in [-0.4, -0.2) is 6.47 Å². The fourth-order valence-electron chi connectivity index (χ4n) is 0.772.